The lowest BCUT2D eigenvalue weighted by Crippen LogP contribution is -2.57. The smallest absolute Gasteiger partial charge is 0.333 e. The van der Waals surface area contributed by atoms with Gasteiger partial charge in [0.1, 0.15) is 6.42 Å². The lowest BCUT2D eigenvalue weighted by molar-refractivity contribution is -0.143. The highest BCUT2D eigenvalue weighted by atomic mass is 35.5. The summed E-state index contributed by atoms with van der Waals surface area (Å²) in [6, 6.07) is 6.71. The second-order valence-electron chi connectivity index (χ2n) is 6.02. The molecular formula is C17H19ClN2O4. The Morgan fingerprint density at radius 2 is 1.79 bits per heavy atom. The molecule has 2 aliphatic heterocycles. The van der Waals surface area contributed by atoms with E-state index in [2.05, 4.69) is 0 Å². The van der Waals surface area contributed by atoms with E-state index in [0.29, 0.717) is 18.1 Å². The molecule has 2 aliphatic rings. The van der Waals surface area contributed by atoms with E-state index in [1.165, 1.54) is 0 Å². The molecule has 1 aromatic rings. The Morgan fingerprint density at radius 3 is 2.46 bits per heavy atom. The zero-order valence-electron chi connectivity index (χ0n) is 13.2. The molecule has 6 nitrogen and oxygen atoms in total. The average Bonchev–Trinajstić information content (AvgIpc) is 3.06. The molecule has 2 fully saturated rings. The standard InChI is InChI=1S/C17H19ClN2O4/c18-13-5-3-12(4-6-13)7-8-19-15(21)10-16(22)20(17(19)23)11-14-2-1-9-24-14/h3-6,14H,1-2,7-11H2/t14-/m1/s1. The number of nitrogens with zero attached hydrogens (tertiary/aromatic N) is 2. The Kier molecular flexibility index (Phi) is 5.16. The van der Waals surface area contributed by atoms with Crippen molar-refractivity contribution in [2.24, 2.45) is 0 Å². The van der Waals surface area contributed by atoms with Crippen LogP contribution in [0.2, 0.25) is 5.02 Å². The second kappa shape index (κ2) is 7.32. The molecule has 2 saturated heterocycles. The third-order valence-electron chi connectivity index (χ3n) is 4.31. The molecule has 0 spiro atoms. The topological polar surface area (TPSA) is 66.9 Å². The van der Waals surface area contributed by atoms with Gasteiger partial charge in [0, 0.05) is 18.2 Å². The fourth-order valence-corrected chi connectivity index (χ4v) is 3.09. The van der Waals surface area contributed by atoms with Crippen molar-refractivity contribution in [3.8, 4) is 0 Å². The highest BCUT2D eigenvalue weighted by Gasteiger charge is 2.39. The van der Waals surface area contributed by atoms with Gasteiger partial charge in [0.15, 0.2) is 0 Å². The summed E-state index contributed by atoms with van der Waals surface area (Å²) in [6.45, 7) is 1.12. The fourth-order valence-electron chi connectivity index (χ4n) is 2.96. The normalized spacial score (nSPS) is 21.7. The zero-order chi connectivity index (χ0) is 17.1. The quantitative estimate of drug-likeness (QED) is 0.764. The van der Waals surface area contributed by atoms with Gasteiger partial charge in [-0.25, -0.2) is 4.79 Å². The van der Waals surface area contributed by atoms with E-state index < -0.39 is 17.8 Å². The summed E-state index contributed by atoms with van der Waals surface area (Å²) in [5.41, 5.74) is 0.975. The molecule has 24 heavy (non-hydrogen) atoms. The van der Waals surface area contributed by atoms with Crippen LogP contribution in [0, 0.1) is 0 Å². The number of barbiturate groups is 1. The number of ether oxygens (including phenoxy) is 1. The number of imide groups is 2. The van der Waals surface area contributed by atoms with Crippen molar-refractivity contribution >= 4 is 29.4 Å². The van der Waals surface area contributed by atoms with E-state index in [-0.39, 0.29) is 25.6 Å². The predicted molar refractivity (Wildman–Crippen MR) is 87.6 cm³/mol. The lowest BCUT2D eigenvalue weighted by atomic mass is 10.1. The molecule has 7 heteroatoms. The molecule has 1 aromatic carbocycles. The summed E-state index contributed by atoms with van der Waals surface area (Å²) in [4.78, 5) is 39.0. The maximum absolute atomic E-state index is 12.5. The van der Waals surface area contributed by atoms with Gasteiger partial charge in [0.25, 0.3) is 0 Å². The highest BCUT2D eigenvalue weighted by Crippen LogP contribution is 2.19. The first-order valence-corrected chi connectivity index (χ1v) is 8.43. The van der Waals surface area contributed by atoms with Gasteiger partial charge in [0.2, 0.25) is 11.8 Å². The van der Waals surface area contributed by atoms with Crippen molar-refractivity contribution in [3.63, 3.8) is 0 Å². The van der Waals surface area contributed by atoms with Gasteiger partial charge in [-0.05, 0) is 37.0 Å². The minimum Gasteiger partial charge on any atom is -0.376 e. The minimum atomic E-state index is -0.541. The largest absolute Gasteiger partial charge is 0.376 e. The molecule has 0 N–H and O–H groups in total. The third-order valence-corrected chi connectivity index (χ3v) is 4.57. The van der Waals surface area contributed by atoms with E-state index in [9.17, 15) is 14.4 Å². The molecule has 128 valence electrons. The van der Waals surface area contributed by atoms with Gasteiger partial charge in [-0.2, -0.15) is 0 Å². The number of urea groups is 1. The molecule has 0 bridgehead atoms. The van der Waals surface area contributed by atoms with Crippen LogP contribution in [0.25, 0.3) is 0 Å². The van der Waals surface area contributed by atoms with Crippen LogP contribution < -0.4 is 0 Å². The van der Waals surface area contributed by atoms with Crippen molar-refractivity contribution in [2.45, 2.75) is 31.8 Å². The highest BCUT2D eigenvalue weighted by molar-refractivity contribution is 6.30. The molecule has 2 heterocycles. The third kappa shape index (κ3) is 3.76. The molecule has 0 aromatic heterocycles. The maximum atomic E-state index is 12.5. The van der Waals surface area contributed by atoms with Gasteiger partial charge in [-0.15, -0.1) is 0 Å². The van der Waals surface area contributed by atoms with Crippen LogP contribution in [0.3, 0.4) is 0 Å². The molecule has 3 rings (SSSR count). The first kappa shape index (κ1) is 16.9. The minimum absolute atomic E-state index is 0.121. The summed E-state index contributed by atoms with van der Waals surface area (Å²) in [6.07, 6.45) is 1.90. The van der Waals surface area contributed by atoms with E-state index >= 15 is 0 Å². The molecule has 0 saturated carbocycles. The van der Waals surface area contributed by atoms with Gasteiger partial charge in [0.05, 0.1) is 12.6 Å². The van der Waals surface area contributed by atoms with Gasteiger partial charge >= 0.3 is 6.03 Å². The number of carbonyl (C=O) groups is 3. The van der Waals surface area contributed by atoms with Crippen molar-refractivity contribution in [3.05, 3.63) is 34.9 Å². The average molecular weight is 351 g/mol. The van der Waals surface area contributed by atoms with Gasteiger partial charge in [-0.1, -0.05) is 23.7 Å². The summed E-state index contributed by atoms with van der Waals surface area (Å²) >= 11 is 5.85. The molecule has 4 amide bonds. The van der Waals surface area contributed by atoms with E-state index in [4.69, 9.17) is 16.3 Å². The summed E-state index contributed by atoms with van der Waals surface area (Å²) in [7, 11) is 0. The molecule has 0 unspecified atom stereocenters. The lowest BCUT2D eigenvalue weighted by Gasteiger charge is -2.33. The van der Waals surface area contributed by atoms with Crippen LogP contribution in [0.1, 0.15) is 24.8 Å². The van der Waals surface area contributed by atoms with Crippen LogP contribution >= 0.6 is 11.6 Å². The van der Waals surface area contributed by atoms with E-state index in [1.54, 1.807) is 12.1 Å². The zero-order valence-corrected chi connectivity index (χ0v) is 14.0. The van der Waals surface area contributed by atoms with Crippen LogP contribution in [0.15, 0.2) is 24.3 Å². The summed E-state index contributed by atoms with van der Waals surface area (Å²) in [5, 5.41) is 0.636. The first-order chi connectivity index (χ1) is 11.5. The molecular weight excluding hydrogens is 332 g/mol. The van der Waals surface area contributed by atoms with E-state index in [1.807, 2.05) is 12.1 Å². The van der Waals surface area contributed by atoms with Gasteiger partial charge < -0.3 is 4.74 Å². The number of rotatable bonds is 5. The van der Waals surface area contributed by atoms with Crippen molar-refractivity contribution in [1.82, 2.24) is 9.80 Å². The van der Waals surface area contributed by atoms with Crippen molar-refractivity contribution < 1.29 is 19.1 Å². The Morgan fingerprint density at radius 1 is 1.08 bits per heavy atom. The second-order valence-corrected chi connectivity index (χ2v) is 6.46. The van der Waals surface area contributed by atoms with Crippen molar-refractivity contribution in [1.29, 1.82) is 0 Å². The number of hydrogen-bond acceptors (Lipinski definition) is 4. The number of benzene rings is 1. The SMILES string of the molecule is O=C1CC(=O)N(C[C@H]2CCCO2)C(=O)N1CCc1ccc(Cl)cc1. The predicted octanol–water partition coefficient (Wildman–Crippen LogP) is 2.24. The van der Waals surface area contributed by atoms with Crippen LogP contribution in [-0.2, 0) is 20.7 Å². The number of carbonyl (C=O) groups excluding carboxylic acids is 3. The Bertz CT molecular complexity index is 640. The molecule has 0 aliphatic carbocycles. The van der Waals surface area contributed by atoms with Crippen LogP contribution in [0.4, 0.5) is 4.79 Å². The monoisotopic (exact) mass is 350 g/mol. The van der Waals surface area contributed by atoms with E-state index in [0.717, 1.165) is 28.2 Å². The molecule has 1 atom stereocenters. The fraction of sp³-hybridized carbons (Fsp3) is 0.471. The molecule has 0 radical (unpaired) electrons. The Balaban J connectivity index is 1.64. The Labute approximate surface area is 145 Å². The summed E-state index contributed by atoms with van der Waals surface area (Å²) < 4.78 is 5.49. The van der Waals surface area contributed by atoms with Crippen LogP contribution in [0.5, 0.6) is 0 Å². The maximum Gasteiger partial charge on any atom is 0.333 e. The first-order valence-electron chi connectivity index (χ1n) is 8.05. The number of hydrogen-bond donors (Lipinski definition) is 0. The van der Waals surface area contributed by atoms with Gasteiger partial charge in [-0.3, -0.25) is 19.4 Å². The number of amides is 4. The van der Waals surface area contributed by atoms with Crippen LogP contribution in [-0.4, -0.2) is 53.4 Å². The number of halogens is 1. The summed E-state index contributed by atoms with van der Waals surface area (Å²) in [5.74, 6) is -0.884. The van der Waals surface area contributed by atoms with Crippen molar-refractivity contribution in [2.75, 3.05) is 19.7 Å². The Hall–Kier alpha value is -1.92.